The summed E-state index contributed by atoms with van der Waals surface area (Å²) in [5, 5.41) is 3.94. The fraction of sp³-hybridized carbons (Fsp3) is 0.0952. The summed E-state index contributed by atoms with van der Waals surface area (Å²) < 4.78 is 20.7. The Bertz CT molecular complexity index is 1030. The van der Waals surface area contributed by atoms with Crippen LogP contribution in [-0.2, 0) is 0 Å². The molecule has 0 unspecified atom stereocenters. The van der Waals surface area contributed by atoms with Crippen molar-refractivity contribution in [3.63, 3.8) is 0 Å². The number of rotatable bonds is 7. The van der Waals surface area contributed by atoms with Crippen molar-refractivity contribution in [2.75, 3.05) is 14.2 Å². The minimum absolute atomic E-state index is 0.0803. The molecule has 8 nitrogen and oxygen atoms in total. The monoisotopic (exact) mass is 394 g/mol. The van der Waals surface area contributed by atoms with E-state index in [2.05, 4.69) is 10.5 Å². The van der Waals surface area contributed by atoms with Crippen molar-refractivity contribution in [1.82, 2.24) is 5.43 Å². The van der Waals surface area contributed by atoms with Crippen LogP contribution in [0, 0.1) is 0 Å². The number of para-hydroxylation sites is 1. The molecule has 0 aliphatic carbocycles. The molecule has 1 amide bonds. The van der Waals surface area contributed by atoms with Crippen LogP contribution < -0.4 is 19.6 Å². The Kier molecular flexibility index (Phi) is 6.26. The number of esters is 1. The first-order chi connectivity index (χ1) is 14.1. The molecule has 0 saturated heterocycles. The second-order valence-corrected chi connectivity index (χ2v) is 5.68. The van der Waals surface area contributed by atoms with Gasteiger partial charge in [-0.05, 0) is 48.0 Å². The van der Waals surface area contributed by atoms with Gasteiger partial charge in [0.25, 0.3) is 5.91 Å². The Morgan fingerprint density at radius 2 is 1.76 bits per heavy atom. The van der Waals surface area contributed by atoms with Crippen LogP contribution in [0.3, 0.4) is 0 Å². The van der Waals surface area contributed by atoms with Crippen LogP contribution in [0.4, 0.5) is 0 Å². The molecular formula is C21H18N2O6. The molecule has 0 atom stereocenters. The third-order valence-corrected chi connectivity index (χ3v) is 3.84. The number of hydrogen-bond donors (Lipinski definition) is 1. The number of hydrazone groups is 1. The summed E-state index contributed by atoms with van der Waals surface area (Å²) in [7, 11) is 2.94. The number of amides is 1. The first-order valence-corrected chi connectivity index (χ1v) is 8.52. The van der Waals surface area contributed by atoms with Gasteiger partial charge >= 0.3 is 5.97 Å². The van der Waals surface area contributed by atoms with Crippen molar-refractivity contribution in [2.24, 2.45) is 5.10 Å². The number of nitrogens with one attached hydrogen (secondary N) is 1. The average molecular weight is 394 g/mol. The molecule has 0 fully saturated rings. The molecule has 0 aliphatic heterocycles. The van der Waals surface area contributed by atoms with Gasteiger partial charge in [0.1, 0.15) is 5.75 Å². The summed E-state index contributed by atoms with van der Waals surface area (Å²) in [4.78, 5) is 24.2. The predicted molar refractivity (Wildman–Crippen MR) is 105 cm³/mol. The number of methoxy groups -OCH3 is 2. The number of hydrogen-bond acceptors (Lipinski definition) is 7. The normalized spacial score (nSPS) is 10.6. The van der Waals surface area contributed by atoms with Gasteiger partial charge in [0.15, 0.2) is 11.5 Å². The quantitative estimate of drug-likeness (QED) is 0.286. The minimum Gasteiger partial charge on any atom is -0.496 e. The van der Waals surface area contributed by atoms with Crippen LogP contribution in [-0.4, -0.2) is 32.3 Å². The molecule has 2 aromatic carbocycles. The van der Waals surface area contributed by atoms with E-state index in [0.717, 1.165) is 0 Å². The Balaban J connectivity index is 1.68. The zero-order valence-electron chi connectivity index (χ0n) is 15.7. The molecule has 1 heterocycles. The van der Waals surface area contributed by atoms with E-state index in [1.54, 1.807) is 48.5 Å². The maximum Gasteiger partial charge on any atom is 0.379 e. The topological polar surface area (TPSA) is 99.4 Å². The van der Waals surface area contributed by atoms with Crippen molar-refractivity contribution >= 4 is 18.1 Å². The summed E-state index contributed by atoms with van der Waals surface area (Å²) in [6.07, 6.45) is 2.82. The van der Waals surface area contributed by atoms with Gasteiger partial charge in [-0.3, -0.25) is 4.79 Å². The van der Waals surface area contributed by atoms with Gasteiger partial charge in [-0.1, -0.05) is 12.1 Å². The molecule has 3 rings (SSSR count). The van der Waals surface area contributed by atoms with Crippen LogP contribution in [0.15, 0.2) is 70.4 Å². The van der Waals surface area contributed by atoms with Gasteiger partial charge in [-0.15, -0.1) is 0 Å². The second-order valence-electron chi connectivity index (χ2n) is 5.68. The fourth-order valence-electron chi connectivity index (χ4n) is 2.45. The summed E-state index contributed by atoms with van der Waals surface area (Å²) >= 11 is 0. The molecule has 0 aliphatic rings. The molecule has 0 spiro atoms. The van der Waals surface area contributed by atoms with Gasteiger partial charge in [-0.25, -0.2) is 10.2 Å². The fourth-order valence-corrected chi connectivity index (χ4v) is 2.45. The lowest BCUT2D eigenvalue weighted by Gasteiger charge is -2.09. The highest BCUT2D eigenvalue weighted by molar-refractivity contribution is 5.97. The Hall–Kier alpha value is -4.07. The number of nitrogens with zero attached hydrogens (tertiary/aromatic N) is 1. The summed E-state index contributed by atoms with van der Waals surface area (Å²) in [5.41, 5.74) is 3.43. The minimum atomic E-state index is -0.640. The highest BCUT2D eigenvalue weighted by atomic mass is 16.6. The molecule has 0 saturated carbocycles. The highest BCUT2D eigenvalue weighted by Crippen LogP contribution is 2.28. The van der Waals surface area contributed by atoms with E-state index in [1.165, 1.54) is 32.8 Å². The molecule has 148 valence electrons. The molecule has 1 N–H and O–H groups in total. The van der Waals surface area contributed by atoms with E-state index >= 15 is 0 Å². The van der Waals surface area contributed by atoms with Crippen molar-refractivity contribution in [2.45, 2.75) is 0 Å². The van der Waals surface area contributed by atoms with Gasteiger partial charge in [0, 0.05) is 0 Å². The van der Waals surface area contributed by atoms with E-state index < -0.39 is 11.9 Å². The van der Waals surface area contributed by atoms with Gasteiger partial charge in [-0.2, -0.15) is 5.10 Å². The molecule has 3 aromatic rings. The second kappa shape index (κ2) is 9.23. The SMILES string of the molecule is COc1cc(C=NNC(=O)c2ccccc2OC)ccc1OC(=O)c1ccco1. The van der Waals surface area contributed by atoms with Crippen molar-refractivity contribution in [3.8, 4) is 17.2 Å². The molecule has 8 heteroatoms. The zero-order chi connectivity index (χ0) is 20.6. The van der Waals surface area contributed by atoms with E-state index in [1.807, 2.05) is 0 Å². The van der Waals surface area contributed by atoms with E-state index in [-0.39, 0.29) is 11.5 Å². The Morgan fingerprint density at radius 1 is 0.966 bits per heavy atom. The highest BCUT2D eigenvalue weighted by Gasteiger charge is 2.15. The van der Waals surface area contributed by atoms with Crippen LogP contribution in [0.25, 0.3) is 0 Å². The number of furan rings is 1. The first kappa shape index (κ1) is 19.7. The van der Waals surface area contributed by atoms with Crippen LogP contribution in [0.1, 0.15) is 26.5 Å². The third kappa shape index (κ3) is 4.81. The number of benzene rings is 2. The number of ether oxygens (including phenoxy) is 3. The molecular weight excluding hydrogens is 376 g/mol. The summed E-state index contributed by atoms with van der Waals surface area (Å²) in [6, 6.07) is 14.7. The predicted octanol–water partition coefficient (Wildman–Crippen LogP) is 3.28. The maximum absolute atomic E-state index is 12.2. The van der Waals surface area contributed by atoms with Crippen LogP contribution in [0.2, 0.25) is 0 Å². The Morgan fingerprint density at radius 3 is 2.48 bits per heavy atom. The number of carbonyl (C=O) groups is 2. The molecule has 29 heavy (non-hydrogen) atoms. The van der Waals surface area contributed by atoms with E-state index in [9.17, 15) is 9.59 Å². The van der Waals surface area contributed by atoms with Gasteiger partial charge in [0.05, 0.1) is 32.3 Å². The Labute approximate surface area is 166 Å². The lowest BCUT2D eigenvalue weighted by molar-refractivity contribution is 0.0696. The van der Waals surface area contributed by atoms with E-state index in [4.69, 9.17) is 18.6 Å². The molecule has 0 bridgehead atoms. The first-order valence-electron chi connectivity index (χ1n) is 8.52. The maximum atomic E-state index is 12.2. The van der Waals surface area contributed by atoms with E-state index in [0.29, 0.717) is 22.6 Å². The zero-order valence-corrected chi connectivity index (χ0v) is 15.7. The summed E-state index contributed by atoms with van der Waals surface area (Å²) in [6.45, 7) is 0. The largest absolute Gasteiger partial charge is 0.496 e. The molecule has 0 radical (unpaired) electrons. The number of carbonyl (C=O) groups excluding carboxylic acids is 2. The standard InChI is InChI=1S/C21H18N2O6/c1-26-16-7-4-3-6-15(16)20(24)23-22-13-14-9-10-17(19(12-14)27-2)29-21(25)18-8-5-11-28-18/h3-13H,1-2H3,(H,23,24). The van der Waals surface area contributed by atoms with Crippen LogP contribution >= 0.6 is 0 Å². The lowest BCUT2D eigenvalue weighted by atomic mass is 10.2. The lowest BCUT2D eigenvalue weighted by Crippen LogP contribution is -2.18. The smallest absolute Gasteiger partial charge is 0.379 e. The van der Waals surface area contributed by atoms with Crippen molar-refractivity contribution in [3.05, 3.63) is 77.7 Å². The molecule has 1 aromatic heterocycles. The van der Waals surface area contributed by atoms with Gasteiger partial charge in [0.2, 0.25) is 5.76 Å². The van der Waals surface area contributed by atoms with Gasteiger partial charge < -0.3 is 18.6 Å². The van der Waals surface area contributed by atoms with Crippen molar-refractivity contribution < 1.29 is 28.2 Å². The average Bonchev–Trinajstić information content (AvgIpc) is 3.29. The van der Waals surface area contributed by atoms with Crippen molar-refractivity contribution in [1.29, 1.82) is 0 Å². The van der Waals surface area contributed by atoms with Crippen LogP contribution in [0.5, 0.6) is 17.2 Å². The summed E-state index contributed by atoms with van der Waals surface area (Å²) in [5.74, 6) is 0.0313. The third-order valence-electron chi connectivity index (χ3n) is 3.84.